The summed E-state index contributed by atoms with van der Waals surface area (Å²) in [4.78, 5) is 29.8. The number of hydrogen-bond acceptors (Lipinski definition) is 7. The fraction of sp³-hybridized carbons (Fsp3) is 0.438. The van der Waals surface area contributed by atoms with E-state index in [1.54, 1.807) is 25.1 Å². The molecule has 6 rings (SSSR count). The maximum absolute atomic E-state index is 15.1. The standard InChI is InChI=1S/C32H37FN6O3S/c1-16(17(2)24-11-19-15-38(6)9-10-39(19)37-24)21-12-25(35-36-30(21)41)20-7-8-23(33)28(18(20)3)34-31(42)26-13-22-27(43-26)14-32(4,5)29(22)40/h7-8,11-13,16-17,29,40H,9-10,14-15H2,1-6H3,(H,34,42)(H,36,41). The van der Waals surface area contributed by atoms with Crippen LogP contribution in [0.25, 0.3) is 11.3 Å². The lowest BCUT2D eigenvalue weighted by molar-refractivity contribution is 0.0665. The molecule has 0 spiro atoms. The van der Waals surface area contributed by atoms with E-state index in [0.29, 0.717) is 33.7 Å². The smallest absolute Gasteiger partial charge is 0.267 e. The number of nitrogens with zero attached hydrogens (tertiary/aromatic N) is 4. The predicted octanol–water partition coefficient (Wildman–Crippen LogP) is 5.36. The van der Waals surface area contributed by atoms with Gasteiger partial charge in [0.05, 0.1) is 40.3 Å². The lowest BCUT2D eigenvalue weighted by Gasteiger charge is -2.22. The maximum Gasteiger partial charge on any atom is 0.267 e. The zero-order valence-electron chi connectivity index (χ0n) is 25.3. The Kier molecular flexibility index (Phi) is 7.38. The molecule has 0 saturated heterocycles. The number of aromatic amines is 1. The van der Waals surface area contributed by atoms with Gasteiger partial charge in [0.2, 0.25) is 0 Å². The van der Waals surface area contributed by atoms with Crippen LogP contribution in [0.15, 0.2) is 35.1 Å². The van der Waals surface area contributed by atoms with Gasteiger partial charge in [0.1, 0.15) is 5.82 Å². The summed E-state index contributed by atoms with van der Waals surface area (Å²) in [5, 5.41) is 25.1. The van der Waals surface area contributed by atoms with Crippen LogP contribution in [0.3, 0.4) is 0 Å². The van der Waals surface area contributed by atoms with Crippen molar-refractivity contribution in [3.63, 3.8) is 0 Å². The molecule has 9 nitrogen and oxygen atoms in total. The molecule has 3 N–H and O–H groups in total. The van der Waals surface area contributed by atoms with Gasteiger partial charge in [-0.05, 0) is 73.2 Å². The van der Waals surface area contributed by atoms with Gasteiger partial charge in [-0.25, -0.2) is 9.49 Å². The number of rotatable bonds is 6. The number of nitrogens with one attached hydrogen (secondary N) is 2. The molecule has 0 saturated carbocycles. The van der Waals surface area contributed by atoms with Gasteiger partial charge >= 0.3 is 0 Å². The molecule has 1 amide bonds. The molecule has 0 bridgehead atoms. The second kappa shape index (κ2) is 10.8. The first kappa shape index (κ1) is 29.4. The van der Waals surface area contributed by atoms with Gasteiger partial charge in [-0.2, -0.15) is 10.2 Å². The molecule has 1 aliphatic carbocycles. The highest BCUT2D eigenvalue weighted by Crippen LogP contribution is 2.48. The summed E-state index contributed by atoms with van der Waals surface area (Å²) in [7, 11) is 2.09. The number of amides is 1. The van der Waals surface area contributed by atoms with E-state index < -0.39 is 17.8 Å². The van der Waals surface area contributed by atoms with Crippen LogP contribution in [0.1, 0.15) is 88.3 Å². The van der Waals surface area contributed by atoms with E-state index in [0.717, 1.165) is 41.5 Å². The average Bonchev–Trinajstić information content (AvgIpc) is 3.63. The van der Waals surface area contributed by atoms with Crippen LogP contribution >= 0.6 is 11.3 Å². The third kappa shape index (κ3) is 5.23. The normalized spacial score (nSPS) is 19.1. The Morgan fingerprint density at radius 2 is 1.98 bits per heavy atom. The Hall–Kier alpha value is -3.67. The van der Waals surface area contributed by atoms with Crippen LogP contribution in [0.2, 0.25) is 0 Å². The number of fused-ring (bicyclic) bond motifs is 2. The first-order valence-electron chi connectivity index (χ1n) is 14.6. The highest BCUT2D eigenvalue weighted by molar-refractivity contribution is 7.14. The van der Waals surface area contributed by atoms with Crippen LogP contribution in [0.4, 0.5) is 10.1 Å². The summed E-state index contributed by atoms with van der Waals surface area (Å²) in [6.45, 7) is 12.4. The number of carbonyl (C=O) groups excluding carboxylic acids is 1. The summed E-state index contributed by atoms with van der Waals surface area (Å²) in [5.74, 6) is -1.20. The zero-order chi connectivity index (χ0) is 30.8. The zero-order valence-corrected chi connectivity index (χ0v) is 26.1. The van der Waals surface area contributed by atoms with Crippen LogP contribution < -0.4 is 10.9 Å². The van der Waals surface area contributed by atoms with E-state index in [1.807, 2.05) is 25.5 Å². The highest BCUT2D eigenvalue weighted by Gasteiger charge is 2.40. The van der Waals surface area contributed by atoms with E-state index in [2.05, 4.69) is 40.5 Å². The Balaban J connectivity index is 1.27. The molecule has 226 valence electrons. The Morgan fingerprint density at radius 1 is 1.21 bits per heavy atom. The second-order valence-corrected chi connectivity index (χ2v) is 13.9. The quantitative estimate of drug-likeness (QED) is 0.273. The van der Waals surface area contributed by atoms with E-state index in [-0.39, 0.29) is 28.5 Å². The molecule has 4 heterocycles. The SMILES string of the molecule is Cc1c(-c2cc(C(C)C(C)c3cc4n(n3)CCN(C)C4)c(=O)[nH]n2)ccc(F)c1NC(=O)c1cc2c(s1)CC(C)(C)C2O. The first-order valence-corrected chi connectivity index (χ1v) is 15.4. The predicted molar refractivity (Wildman–Crippen MR) is 165 cm³/mol. The van der Waals surface area contributed by atoms with Crippen molar-refractivity contribution in [1.82, 2.24) is 24.9 Å². The number of H-pyrrole nitrogens is 1. The van der Waals surface area contributed by atoms with Crippen LogP contribution in [0.5, 0.6) is 0 Å². The summed E-state index contributed by atoms with van der Waals surface area (Å²) < 4.78 is 17.1. The highest BCUT2D eigenvalue weighted by atomic mass is 32.1. The van der Waals surface area contributed by atoms with Crippen molar-refractivity contribution in [2.75, 3.05) is 18.9 Å². The Morgan fingerprint density at radius 3 is 2.72 bits per heavy atom. The third-order valence-electron chi connectivity index (χ3n) is 9.19. The Labute approximate surface area is 253 Å². The third-order valence-corrected chi connectivity index (χ3v) is 10.3. The number of anilines is 1. The lowest BCUT2D eigenvalue weighted by Crippen LogP contribution is -2.30. The minimum absolute atomic E-state index is 0.0274. The molecular weight excluding hydrogens is 567 g/mol. The Bertz CT molecular complexity index is 1790. The largest absolute Gasteiger partial charge is 0.388 e. The van der Waals surface area contributed by atoms with Gasteiger partial charge in [0.25, 0.3) is 11.5 Å². The number of aliphatic hydroxyl groups excluding tert-OH is 1. The molecule has 2 aliphatic rings. The van der Waals surface area contributed by atoms with E-state index >= 15 is 4.39 Å². The minimum atomic E-state index is -0.645. The number of benzene rings is 1. The number of likely N-dealkylation sites (N-methyl/N-ethyl adjacent to an activating group) is 1. The van der Waals surface area contributed by atoms with Gasteiger partial charge in [-0.1, -0.05) is 27.7 Å². The van der Waals surface area contributed by atoms with Gasteiger partial charge < -0.3 is 10.4 Å². The summed E-state index contributed by atoms with van der Waals surface area (Å²) in [6, 6.07) is 8.48. The molecule has 11 heteroatoms. The van der Waals surface area contributed by atoms with Crippen LogP contribution in [-0.2, 0) is 19.5 Å². The number of aliphatic hydroxyl groups is 1. The van der Waals surface area contributed by atoms with Crippen molar-refractivity contribution < 1.29 is 14.3 Å². The van der Waals surface area contributed by atoms with Crippen molar-refractivity contribution in [3.05, 3.63) is 84.3 Å². The number of thiophene rings is 1. The molecule has 1 aliphatic heterocycles. The van der Waals surface area contributed by atoms with Crippen molar-refractivity contribution in [1.29, 1.82) is 0 Å². The van der Waals surface area contributed by atoms with Gasteiger partial charge in [0.15, 0.2) is 0 Å². The van der Waals surface area contributed by atoms with Crippen molar-refractivity contribution in [2.45, 2.75) is 72.1 Å². The number of halogens is 1. The summed E-state index contributed by atoms with van der Waals surface area (Å²) in [6.07, 6.45) is 0.0376. The van der Waals surface area contributed by atoms with Gasteiger partial charge in [0, 0.05) is 35.0 Å². The lowest BCUT2D eigenvalue weighted by atomic mass is 9.86. The molecule has 43 heavy (non-hydrogen) atoms. The number of aromatic nitrogens is 4. The van der Waals surface area contributed by atoms with Crippen LogP contribution in [0, 0.1) is 18.2 Å². The van der Waals surface area contributed by atoms with Gasteiger partial charge in [-0.15, -0.1) is 11.3 Å². The maximum atomic E-state index is 15.1. The second-order valence-electron chi connectivity index (χ2n) is 12.7. The molecule has 4 aromatic rings. The van der Waals surface area contributed by atoms with E-state index in [4.69, 9.17) is 5.10 Å². The van der Waals surface area contributed by atoms with E-state index in [9.17, 15) is 14.7 Å². The first-order chi connectivity index (χ1) is 20.3. The number of carbonyl (C=O) groups is 1. The molecule has 1 aromatic carbocycles. The summed E-state index contributed by atoms with van der Waals surface area (Å²) >= 11 is 1.33. The molecular formula is C32H37FN6O3S. The fourth-order valence-electron chi connectivity index (χ4n) is 6.20. The monoisotopic (exact) mass is 604 g/mol. The average molecular weight is 605 g/mol. The van der Waals surface area contributed by atoms with Crippen molar-refractivity contribution in [2.24, 2.45) is 5.41 Å². The number of hydrogen-bond donors (Lipinski definition) is 3. The summed E-state index contributed by atoms with van der Waals surface area (Å²) in [5.41, 5.74) is 4.50. The fourth-order valence-corrected chi connectivity index (χ4v) is 7.53. The molecule has 0 radical (unpaired) electrons. The molecule has 3 unspecified atom stereocenters. The molecule has 0 fully saturated rings. The topological polar surface area (TPSA) is 116 Å². The van der Waals surface area contributed by atoms with Crippen molar-refractivity contribution in [3.8, 4) is 11.3 Å². The molecule has 3 aromatic heterocycles. The van der Waals surface area contributed by atoms with Gasteiger partial charge in [-0.3, -0.25) is 19.2 Å². The van der Waals surface area contributed by atoms with E-state index in [1.165, 1.54) is 17.4 Å². The van der Waals surface area contributed by atoms with Crippen LogP contribution in [-0.4, -0.2) is 49.5 Å². The minimum Gasteiger partial charge on any atom is -0.388 e. The molecule has 3 atom stereocenters. The van der Waals surface area contributed by atoms with Crippen molar-refractivity contribution >= 4 is 22.9 Å².